The third-order valence-corrected chi connectivity index (χ3v) is 5.94. The Morgan fingerprint density at radius 3 is 2.33 bits per heavy atom. The molecule has 1 aromatic rings. The van der Waals surface area contributed by atoms with Gasteiger partial charge in [-0.15, -0.1) is 12.4 Å². The highest BCUT2D eigenvalue weighted by atomic mass is 35.5. The normalized spacial score (nSPS) is 23.4. The quantitative estimate of drug-likeness (QED) is 0.719. The van der Waals surface area contributed by atoms with Gasteiger partial charge in [0.15, 0.2) is 0 Å². The zero-order valence-electron chi connectivity index (χ0n) is 17.1. The molecule has 1 N–H and O–H groups in total. The lowest BCUT2D eigenvalue weighted by atomic mass is 9.85. The van der Waals surface area contributed by atoms with Gasteiger partial charge in [-0.2, -0.15) is 0 Å². The Balaban J connectivity index is 0.00000261. The molecule has 0 bridgehead atoms. The van der Waals surface area contributed by atoms with Crippen LogP contribution in [0.15, 0.2) is 12.1 Å². The molecule has 3 rings (SSSR count). The highest BCUT2D eigenvalue weighted by molar-refractivity contribution is 5.87. The lowest BCUT2D eigenvalue weighted by Crippen LogP contribution is -2.41. The molecule has 1 heterocycles. The smallest absolute Gasteiger partial charge is 0.411 e. The largest absolute Gasteiger partial charge is 0.446 e. The first-order valence-electron chi connectivity index (χ1n) is 10.3. The van der Waals surface area contributed by atoms with E-state index in [-0.39, 0.29) is 24.6 Å². The number of piperidine rings is 1. The zero-order chi connectivity index (χ0) is 18.5. The van der Waals surface area contributed by atoms with Gasteiger partial charge in [0.25, 0.3) is 0 Å². The minimum atomic E-state index is -0.296. The van der Waals surface area contributed by atoms with Gasteiger partial charge in [-0.3, -0.25) is 5.32 Å². The van der Waals surface area contributed by atoms with Crippen molar-refractivity contribution < 1.29 is 9.53 Å². The molecule has 0 radical (unpaired) electrons. The standard InChI is InChI=1S/C22H34N2O2.ClH/c1-16-13-17(2)21(18(3)14-16)23-22(25)26-20-10-6-5-9-19(20)15-24-11-7-4-8-12-24;/h13-14,19-20H,4-12,15H2,1-3H3,(H,23,25);1H/t19-,20+;/m1./s1. The van der Waals surface area contributed by atoms with E-state index in [1.807, 2.05) is 13.8 Å². The van der Waals surface area contributed by atoms with Crippen LogP contribution >= 0.6 is 12.4 Å². The Hall–Kier alpha value is -1.26. The van der Waals surface area contributed by atoms with Crippen molar-refractivity contribution in [2.45, 2.75) is 71.8 Å². The van der Waals surface area contributed by atoms with E-state index in [2.05, 4.69) is 29.3 Å². The third-order valence-electron chi connectivity index (χ3n) is 5.94. The number of carbonyl (C=O) groups excluding carboxylic acids is 1. The number of ether oxygens (including phenoxy) is 1. The van der Waals surface area contributed by atoms with Crippen molar-refractivity contribution in [2.24, 2.45) is 5.92 Å². The second-order valence-electron chi connectivity index (χ2n) is 8.25. The molecule has 1 saturated heterocycles. The van der Waals surface area contributed by atoms with Crippen LogP contribution < -0.4 is 5.32 Å². The number of rotatable bonds is 4. The van der Waals surface area contributed by atoms with E-state index in [0.717, 1.165) is 36.2 Å². The average molecular weight is 395 g/mol. The van der Waals surface area contributed by atoms with Crippen LogP contribution in [0.4, 0.5) is 10.5 Å². The number of carbonyl (C=O) groups is 1. The van der Waals surface area contributed by atoms with Gasteiger partial charge in [0.05, 0.1) is 0 Å². The summed E-state index contributed by atoms with van der Waals surface area (Å²) in [5, 5.41) is 3.00. The van der Waals surface area contributed by atoms with E-state index < -0.39 is 0 Å². The summed E-state index contributed by atoms with van der Waals surface area (Å²) in [4.78, 5) is 15.1. The van der Waals surface area contributed by atoms with Gasteiger partial charge in [0.2, 0.25) is 0 Å². The van der Waals surface area contributed by atoms with Crippen LogP contribution in [0.2, 0.25) is 0 Å². The number of hydrogen-bond acceptors (Lipinski definition) is 3. The summed E-state index contributed by atoms with van der Waals surface area (Å²) in [6.45, 7) is 9.65. The number of anilines is 1. The fourth-order valence-electron chi connectivity index (χ4n) is 4.66. The van der Waals surface area contributed by atoms with E-state index in [1.54, 1.807) is 0 Å². The molecule has 0 aromatic heterocycles. The summed E-state index contributed by atoms with van der Waals surface area (Å²) >= 11 is 0. The van der Waals surface area contributed by atoms with Crippen molar-refractivity contribution in [2.75, 3.05) is 25.0 Å². The molecule has 1 aliphatic heterocycles. The van der Waals surface area contributed by atoms with Crippen LogP contribution in [0.1, 0.15) is 61.6 Å². The first kappa shape index (κ1) is 22.0. The Kier molecular flexibility index (Phi) is 8.43. The summed E-state index contributed by atoms with van der Waals surface area (Å²) in [5.74, 6) is 0.479. The Morgan fingerprint density at radius 2 is 1.67 bits per heavy atom. The summed E-state index contributed by atoms with van der Waals surface area (Å²) in [6.07, 6.45) is 8.34. The summed E-state index contributed by atoms with van der Waals surface area (Å²) in [6, 6.07) is 4.20. The predicted octanol–water partition coefficient (Wildman–Crippen LogP) is 5.63. The monoisotopic (exact) mass is 394 g/mol. The minimum Gasteiger partial charge on any atom is -0.446 e. The molecule has 5 heteroatoms. The maximum absolute atomic E-state index is 12.6. The molecule has 1 aliphatic carbocycles. The average Bonchev–Trinajstić information content (AvgIpc) is 2.61. The fraction of sp³-hybridized carbons (Fsp3) is 0.682. The number of likely N-dealkylation sites (tertiary alicyclic amines) is 1. The lowest BCUT2D eigenvalue weighted by Gasteiger charge is -2.36. The molecule has 2 fully saturated rings. The SMILES string of the molecule is Cc1cc(C)c(NC(=O)O[C@H]2CCCC[C@@H]2CN2CCCCC2)c(C)c1.Cl. The maximum Gasteiger partial charge on any atom is 0.411 e. The molecule has 2 atom stereocenters. The number of aryl methyl sites for hydroxylation is 3. The van der Waals surface area contributed by atoms with Crippen LogP contribution in [0.3, 0.4) is 0 Å². The van der Waals surface area contributed by atoms with Crippen molar-refractivity contribution in [3.63, 3.8) is 0 Å². The van der Waals surface area contributed by atoms with Crippen LogP contribution in [-0.2, 0) is 4.74 Å². The highest BCUT2D eigenvalue weighted by Crippen LogP contribution is 2.29. The van der Waals surface area contributed by atoms with E-state index in [9.17, 15) is 4.79 Å². The number of nitrogens with zero attached hydrogens (tertiary/aromatic N) is 1. The fourth-order valence-corrected chi connectivity index (χ4v) is 4.66. The molecule has 27 heavy (non-hydrogen) atoms. The second kappa shape index (κ2) is 10.3. The molecule has 0 spiro atoms. The summed E-state index contributed by atoms with van der Waals surface area (Å²) in [5.41, 5.74) is 4.29. The molecule has 1 aromatic carbocycles. The molecule has 152 valence electrons. The van der Waals surface area contributed by atoms with Crippen molar-refractivity contribution in [1.82, 2.24) is 4.90 Å². The van der Waals surface area contributed by atoms with Gasteiger partial charge in [0.1, 0.15) is 6.10 Å². The van der Waals surface area contributed by atoms with Crippen LogP contribution in [0, 0.1) is 26.7 Å². The zero-order valence-corrected chi connectivity index (χ0v) is 17.9. The van der Waals surface area contributed by atoms with Crippen molar-refractivity contribution in [1.29, 1.82) is 0 Å². The molecule has 2 aliphatic rings. The third kappa shape index (κ3) is 6.11. The number of amides is 1. The van der Waals surface area contributed by atoms with Gasteiger partial charge in [-0.05, 0) is 77.1 Å². The molecule has 0 unspecified atom stereocenters. The Labute approximate surface area is 170 Å². The van der Waals surface area contributed by atoms with E-state index >= 15 is 0 Å². The van der Waals surface area contributed by atoms with Crippen molar-refractivity contribution in [3.8, 4) is 0 Å². The highest BCUT2D eigenvalue weighted by Gasteiger charge is 2.30. The molecular formula is C22H35ClN2O2. The van der Waals surface area contributed by atoms with Crippen LogP contribution in [-0.4, -0.2) is 36.7 Å². The Bertz CT molecular complexity index is 606. The van der Waals surface area contributed by atoms with E-state index in [4.69, 9.17) is 4.74 Å². The number of hydrogen-bond donors (Lipinski definition) is 1. The maximum atomic E-state index is 12.6. The van der Waals surface area contributed by atoms with Crippen LogP contribution in [0.25, 0.3) is 0 Å². The summed E-state index contributed by atoms with van der Waals surface area (Å²) in [7, 11) is 0. The second-order valence-corrected chi connectivity index (χ2v) is 8.25. The van der Waals surface area contributed by atoms with Gasteiger partial charge in [-0.1, -0.05) is 30.5 Å². The van der Waals surface area contributed by atoms with Gasteiger partial charge in [-0.25, -0.2) is 4.79 Å². The number of benzene rings is 1. The van der Waals surface area contributed by atoms with Gasteiger partial charge < -0.3 is 9.64 Å². The lowest BCUT2D eigenvalue weighted by molar-refractivity contribution is 0.0267. The number of halogens is 1. The van der Waals surface area contributed by atoms with Crippen LogP contribution in [0.5, 0.6) is 0 Å². The molecule has 1 saturated carbocycles. The van der Waals surface area contributed by atoms with Crippen molar-refractivity contribution >= 4 is 24.2 Å². The minimum absolute atomic E-state index is 0. The van der Waals surface area contributed by atoms with Crippen molar-refractivity contribution in [3.05, 3.63) is 28.8 Å². The van der Waals surface area contributed by atoms with E-state index in [0.29, 0.717) is 5.92 Å². The van der Waals surface area contributed by atoms with Gasteiger partial charge in [0, 0.05) is 18.2 Å². The molecular weight excluding hydrogens is 360 g/mol. The number of nitrogens with one attached hydrogen (secondary N) is 1. The predicted molar refractivity (Wildman–Crippen MR) is 114 cm³/mol. The molecule has 4 nitrogen and oxygen atoms in total. The van der Waals surface area contributed by atoms with Gasteiger partial charge >= 0.3 is 6.09 Å². The Morgan fingerprint density at radius 1 is 1.04 bits per heavy atom. The first-order chi connectivity index (χ1) is 12.5. The topological polar surface area (TPSA) is 41.6 Å². The summed E-state index contributed by atoms with van der Waals surface area (Å²) < 4.78 is 5.91. The first-order valence-corrected chi connectivity index (χ1v) is 10.3. The molecule has 1 amide bonds. The van der Waals surface area contributed by atoms with E-state index in [1.165, 1.54) is 50.8 Å².